The SMILES string of the molecule is CN(C)CCCOc1ccc(CN2CCCC(C(=O)N3CCCN(Cc4cccc(C(=O)NCC(c5ccccc5)c5ccccc5)c4)CC3)C2)cc1. The molecule has 2 aliphatic rings. The van der Waals surface area contributed by atoms with Crippen molar-refractivity contribution in [3.8, 4) is 5.75 Å². The molecular weight excluding hydrogens is 659 g/mol. The van der Waals surface area contributed by atoms with E-state index in [1.165, 1.54) is 16.7 Å². The number of rotatable bonds is 15. The molecule has 0 saturated carbocycles. The van der Waals surface area contributed by atoms with E-state index in [0.29, 0.717) is 18.0 Å². The Morgan fingerprint density at radius 3 is 2.17 bits per heavy atom. The van der Waals surface area contributed by atoms with Crippen LogP contribution in [0.15, 0.2) is 109 Å². The van der Waals surface area contributed by atoms with Crippen LogP contribution < -0.4 is 10.1 Å². The van der Waals surface area contributed by atoms with E-state index in [9.17, 15) is 9.59 Å². The van der Waals surface area contributed by atoms with Crippen molar-refractivity contribution in [3.05, 3.63) is 137 Å². The summed E-state index contributed by atoms with van der Waals surface area (Å²) in [6.07, 6.45) is 3.97. The van der Waals surface area contributed by atoms with Gasteiger partial charge >= 0.3 is 0 Å². The molecule has 1 unspecified atom stereocenters. The monoisotopic (exact) mass is 715 g/mol. The predicted molar refractivity (Wildman–Crippen MR) is 213 cm³/mol. The summed E-state index contributed by atoms with van der Waals surface area (Å²) in [7, 11) is 4.16. The summed E-state index contributed by atoms with van der Waals surface area (Å²) in [6, 6.07) is 37.2. The highest BCUT2D eigenvalue weighted by atomic mass is 16.5. The first-order chi connectivity index (χ1) is 25.9. The number of hydrogen-bond donors (Lipinski definition) is 1. The summed E-state index contributed by atoms with van der Waals surface area (Å²) in [5, 5.41) is 3.21. The molecule has 280 valence electrons. The molecule has 4 aromatic rings. The van der Waals surface area contributed by atoms with Crippen LogP contribution in [0.2, 0.25) is 0 Å². The Kier molecular flexibility index (Phi) is 14.1. The van der Waals surface area contributed by atoms with Crippen molar-refractivity contribution in [2.45, 2.75) is 44.7 Å². The van der Waals surface area contributed by atoms with Gasteiger partial charge in [-0.1, -0.05) is 84.9 Å². The number of hydrogen-bond acceptors (Lipinski definition) is 6. The molecule has 0 bridgehead atoms. The van der Waals surface area contributed by atoms with Crippen LogP contribution in [0, 0.1) is 5.92 Å². The van der Waals surface area contributed by atoms with Gasteiger partial charge in [-0.25, -0.2) is 0 Å². The summed E-state index contributed by atoms with van der Waals surface area (Å²) in [5.74, 6) is 1.29. The zero-order valence-corrected chi connectivity index (χ0v) is 31.7. The van der Waals surface area contributed by atoms with Crippen molar-refractivity contribution in [2.24, 2.45) is 5.92 Å². The summed E-state index contributed by atoms with van der Waals surface area (Å²) in [6.45, 7) is 9.02. The number of likely N-dealkylation sites (tertiary alicyclic amines) is 1. The highest BCUT2D eigenvalue weighted by Crippen LogP contribution is 2.25. The van der Waals surface area contributed by atoms with E-state index < -0.39 is 0 Å². The highest BCUT2D eigenvalue weighted by Gasteiger charge is 2.30. The molecule has 8 heteroatoms. The number of piperidine rings is 1. The van der Waals surface area contributed by atoms with Gasteiger partial charge < -0.3 is 19.9 Å². The lowest BCUT2D eigenvalue weighted by molar-refractivity contribution is -0.137. The third-order valence-electron chi connectivity index (χ3n) is 10.6. The fourth-order valence-electron chi connectivity index (χ4n) is 7.69. The topological polar surface area (TPSA) is 68.4 Å². The van der Waals surface area contributed by atoms with Crippen LogP contribution in [0.1, 0.15) is 64.2 Å². The second-order valence-electron chi connectivity index (χ2n) is 15.0. The minimum absolute atomic E-state index is 0.0492. The smallest absolute Gasteiger partial charge is 0.251 e. The van der Waals surface area contributed by atoms with E-state index in [2.05, 4.69) is 93.6 Å². The minimum atomic E-state index is -0.0601. The molecule has 6 rings (SSSR count). The number of nitrogens with zero attached hydrogens (tertiary/aromatic N) is 4. The van der Waals surface area contributed by atoms with Crippen LogP contribution in [0.5, 0.6) is 5.75 Å². The van der Waals surface area contributed by atoms with Gasteiger partial charge in [-0.15, -0.1) is 0 Å². The van der Waals surface area contributed by atoms with E-state index in [1.54, 1.807) is 0 Å². The normalized spacial score (nSPS) is 17.1. The molecule has 1 atom stereocenters. The predicted octanol–water partition coefficient (Wildman–Crippen LogP) is 6.53. The molecule has 2 aliphatic heterocycles. The number of carbonyl (C=O) groups is 2. The maximum atomic E-state index is 13.8. The summed E-state index contributed by atoms with van der Waals surface area (Å²) < 4.78 is 5.91. The average Bonchev–Trinajstić information content (AvgIpc) is 3.43. The first-order valence-corrected chi connectivity index (χ1v) is 19.5. The average molecular weight is 716 g/mol. The van der Waals surface area contributed by atoms with Crippen molar-refractivity contribution in [1.29, 1.82) is 0 Å². The lowest BCUT2D eigenvalue weighted by Crippen LogP contribution is -2.45. The van der Waals surface area contributed by atoms with E-state index in [-0.39, 0.29) is 17.7 Å². The Morgan fingerprint density at radius 1 is 0.755 bits per heavy atom. The lowest BCUT2D eigenvalue weighted by atomic mass is 9.91. The summed E-state index contributed by atoms with van der Waals surface area (Å²) >= 11 is 0. The first kappa shape index (κ1) is 38.2. The Labute approximate surface area is 316 Å². The Balaban J connectivity index is 0.966. The fourth-order valence-corrected chi connectivity index (χ4v) is 7.69. The van der Waals surface area contributed by atoms with Crippen molar-refractivity contribution >= 4 is 11.8 Å². The number of nitrogens with one attached hydrogen (secondary N) is 1. The van der Waals surface area contributed by atoms with Crippen molar-refractivity contribution in [1.82, 2.24) is 24.9 Å². The Hall–Kier alpha value is -4.50. The van der Waals surface area contributed by atoms with Gasteiger partial charge in [-0.2, -0.15) is 0 Å². The molecule has 1 N–H and O–H groups in total. The second-order valence-corrected chi connectivity index (χ2v) is 15.0. The first-order valence-electron chi connectivity index (χ1n) is 19.5. The number of carbonyl (C=O) groups excluding carboxylic acids is 2. The van der Waals surface area contributed by atoms with Crippen LogP contribution in [0.3, 0.4) is 0 Å². The lowest BCUT2D eigenvalue weighted by Gasteiger charge is -2.34. The molecule has 0 aromatic heterocycles. The van der Waals surface area contributed by atoms with Crippen molar-refractivity contribution in [2.75, 3.05) is 73.1 Å². The molecule has 0 radical (unpaired) electrons. The molecular formula is C45H57N5O3. The molecule has 2 amide bonds. The largest absolute Gasteiger partial charge is 0.494 e. The maximum Gasteiger partial charge on any atom is 0.251 e. The van der Waals surface area contributed by atoms with Crippen LogP contribution in [0.4, 0.5) is 0 Å². The van der Waals surface area contributed by atoms with E-state index >= 15 is 0 Å². The number of amides is 2. The zero-order chi connectivity index (χ0) is 36.8. The van der Waals surface area contributed by atoms with Crippen LogP contribution in [-0.2, 0) is 17.9 Å². The van der Waals surface area contributed by atoms with Gasteiger partial charge in [0.05, 0.1) is 12.5 Å². The minimum Gasteiger partial charge on any atom is -0.494 e. The van der Waals surface area contributed by atoms with Crippen LogP contribution in [0.25, 0.3) is 0 Å². The van der Waals surface area contributed by atoms with Crippen LogP contribution >= 0.6 is 0 Å². The standard InChI is InChI=1S/C45H57N5O3/c1-47(2)24-12-30-53-42-22-20-36(21-23-42)33-49-25-10-19-41(35-49)45(52)50-27-11-26-48(28-29-50)34-37-13-9-18-40(31-37)44(51)46-32-43(38-14-5-3-6-15-38)39-16-7-4-8-17-39/h3-9,13-18,20-23,31,41,43H,10-12,19,24-30,32-35H2,1-2H3,(H,46,51). The molecule has 53 heavy (non-hydrogen) atoms. The zero-order valence-electron chi connectivity index (χ0n) is 31.7. The van der Waals surface area contributed by atoms with Crippen molar-refractivity contribution in [3.63, 3.8) is 0 Å². The number of benzene rings is 4. The van der Waals surface area contributed by atoms with E-state index in [1.807, 2.05) is 54.6 Å². The highest BCUT2D eigenvalue weighted by molar-refractivity contribution is 5.94. The maximum absolute atomic E-state index is 13.8. The van der Waals surface area contributed by atoms with Gasteiger partial charge in [0.1, 0.15) is 5.75 Å². The fraction of sp³-hybridized carbons (Fsp3) is 0.422. The van der Waals surface area contributed by atoms with Gasteiger partial charge in [0.15, 0.2) is 0 Å². The summed E-state index contributed by atoms with van der Waals surface area (Å²) in [4.78, 5) is 36.4. The number of ether oxygens (including phenoxy) is 1. The van der Waals surface area contributed by atoms with Gasteiger partial charge in [0, 0.05) is 70.4 Å². The van der Waals surface area contributed by atoms with Gasteiger partial charge in [0.2, 0.25) is 5.91 Å². The van der Waals surface area contributed by atoms with Gasteiger partial charge in [-0.3, -0.25) is 19.4 Å². The Bertz CT molecular complexity index is 1680. The van der Waals surface area contributed by atoms with E-state index in [0.717, 1.165) is 103 Å². The molecule has 2 fully saturated rings. The molecule has 0 aliphatic carbocycles. The van der Waals surface area contributed by atoms with E-state index in [4.69, 9.17) is 4.74 Å². The summed E-state index contributed by atoms with van der Waals surface area (Å²) in [5.41, 5.74) is 5.42. The van der Waals surface area contributed by atoms with Gasteiger partial charge in [-0.05, 0) is 92.8 Å². The molecule has 0 spiro atoms. The van der Waals surface area contributed by atoms with Gasteiger partial charge in [0.25, 0.3) is 5.91 Å². The molecule has 2 heterocycles. The van der Waals surface area contributed by atoms with Crippen molar-refractivity contribution < 1.29 is 14.3 Å². The molecule has 4 aromatic carbocycles. The third kappa shape index (κ3) is 11.5. The molecule has 8 nitrogen and oxygen atoms in total. The quantitative estimate of drug-likeness (QED) is 0.141. The second kappa shape index (κ2) is 19.5. The third-order valence-corrected chi connectivity index (χ3v) is 10.6. The van der Waals surface area contributed by atoms with Crippen LogP contribution in [-0.4, -0.2) is 104 Å². The molecule has 2 saturated heterocycles. The Morgan fingerprint density at radius 2 is 1.45 bits per heavy atom.